The van der Waals surface area contributed by atoms with Gasteiger partial charge in [-0.3, -0.25) is 0 Å². The van der Waals surface area contributed by atoms with Gasteiger partial charge >= 0.3 is 0 Å². The molecule has 0 saturated carbocycles. The van der Waals surface area contributed by atoms with Crippen LogP contribution in [-0.2, 0) is 0 Å². The quantitative estimate of drug-likeness (QED) is 0.190. The lowest BCUT2D eigenvalue weighted by atomic mass is 10.1. The maximum absolute atomic E-state index is 5.14. The van der Waals surface area contributed by atoms with Gasteiger partial charge in [0.2, 0.25) is 0 Å². The Balaban J connectivity index is 1.20. The first-order chi connectivity index (χ1) is 24.3. The Hall–Kier alpha value is -6.72. The minimum atomic E-state index is 0.693. The van der Waals surface area contributed by atoms with Crippen molar-refractivity contribution >= 4 is 43.6 Å². The van der Waals surface area contributed by atoms with Crippen molar-refractivity contribution in [1.29, 1.82) is 0 Å². The fourth-order valence-corrected chi connectivity index (χ4v) is 7.32. The maximum Gasteiger partial charge on any atom is 0.182 e. The van der Waals surface area contributed by atoms with Gasteiger partial charge in [-0.2, -0.15) is 0 Å². The maximum atomic E-state index is 5.14. The van der Waals surface area contributed by atoms with Crippen molar-refractivity contribution in [3.05, 3.63) is 176 Å². The van der Waals surface area contributed by atoms with Crippen molar-refractivity contribution in [1.82, 2.24) is 23.9 Å². The number of nitrogens with zero attached hydrogens (tertiary/aromatic N) is 5. The molecule has 3 aromatic heterocycles. The number of hydrogen-bond donors (Lipinski definition) is 0. The van der Waals surface area contributed by atoms with Crippen LogP contribution in [0.15, 0.2) is 176 Å². The molecule has 0 bridgehead atoms. The van der Waals surface area contributed by atoms with Gasteiger partial charge in [-0.25, -0.2) is 9.67 Å². The van der Waals surface area contributed by atoms with E-state index in [2.05, 4.69) is 149 Å². The molecule has 49 heavy (non-hydrogen) atoms. The Morgan fingerprint density at radius 3 is 1.45 bits per heavy atom. The number of benzene rings is 7. The van der Waals surface area contributed by atoms with Crippen LogP contribution in [0, 0.1) is 0 Å². The zero-order valence-electron chi connectivity index (χ0n) is 26.5. The summed E-state index contributed by atoms with van der Waals surface area (Å²) in [7, 11) is 0. The van der Waals surface area contributed by atoms with Gasteiger partial charge in [0, 0.05) is 44.0 Å². The smallest absolute Gasteiger partial charge is 0.182 e. The van der Waals surface area contributed by atoms with E-state index in [0.717, 1.165) is 45.0 Å². The van der Waals surface area contributed by atoms with Crippen LogP contribution >= 0.6 is 0 Å². The third-order valence-corrected chi connectivity index (χ3v) is 9.50. The molecular weight excluding hydrogens is 599 g/mol. The van der Waals surface area contributed by atoms with Gasteiger partial charge in [0.05, 0.1) is 27.8 Å². The largest absolute Gasteiger partial charge is 0.309 e. The molecule has 0 amide bonds. The topological polar surface area (TPSA) is 40.6 Å². The first kappa shape index (κ1) is 27.4. The number of aromatic nitrogens is 5. The number of hydrogen-bond acceptors (Lipinski definition) is 2. The predicted octanol–water partition coefficient (Wildman–Crippen LogP) is 10.8. The molecule has 5 heteroatoms. The summed E-state index contributed by atoms with van der Waals surface area (Å²) >= 11 is 0. The summed E-state index contributed by atoms with van der Waals surface area (Å²) in [4.78, 5) is 5.14. The van der Waals surface area contributed by atoms with E-state index in [9.17, 15) is 0 Å². The lowest BCUT2D eigenvalue weighted by Crippen LogP contribution is -2.00. The highest BCUT2D eigenvalue weighted by Crippen LogP contribution is 2.37. The van der Waals surface area contributed by atoms with Gasteiger partial charge in [-0.1, -0.05) is 121 Å². The fourth-order valence-electron chi connectivity index (χ4n) is 7.32. The van der Waals surface area contributed by atoms with E-state index in [1.807, 2.05) is 41.1 Å². The van der Waals surface area contributed by atoms with E-state index in [1.54, 1.807) is 0 Å². The number of fused-ring (bicyclic) bond motifs is 6. The van der Waals surface area contributed by atoms with E-state index in [1.165, 1.54) is 32.6 Å². The van der Waals surface area contributed by atoms with Crippen molar-refractivity contribution in [2.24, 2.45) is 0 Å². The van der Waals surface area contributed by atoms with Crippen molar-refractivity contribution in [2.75, 3.05) is 0 Å². The number of rotatable bonds is 5. The fraction of sp³-hybridized carbons (Fsp3) is 0. The van der Waals surface area contributed by atoms with Crippen molar-refractivity contribution < 1.29 is 0 Å². The van der Waals surface area contributed by atoms with Crippen molar-refractivity contribution in [3.8, 4) is 39.8 Å². The van der Waals surface area contributed by atoms with Crippen LogP contribution < -0.4 is 0 Å². The lowest BCUT2D eigenvalue weighted by Gasteiger charge is -2.13. The zero-order chi connectivity index (χ0) is 32.3. The Bertz CT molecular complexity index is 2770. The van der Waals surface area contributed by atoms with Gasteiger partial charge in [0.1, 0.15) is 0 Å². The summed E-state index contributed by atoms with van der Waals surface area (Å²) < 4.78 is 6.72. The minimum Gasteiger partial charge on any atom is -0.309 e. The van der Waals surface area contributed by atoms with E-state index in [0.29, 0.717) is 5.82 Å². The molecule has 0 radical (unpaired) electrons. The Morgan fingerprint density at radius 2 is 0.837 bits per heavy atom. The summed E-state index contributed by atoms with van der Waals surface area (Å²) in [6.07, 6.45) is 0. The molecule has 10 rings (SSSR count). The third kappa shape index (κ3) is 4.33. The first-order valence-corrected chi connectivity index (χ1v) is 16.5. The van der Waals surface area contributed by atoms with Crippen LogP contribution in [0.5, 0.6) is 0 Å². The molecule has 0 N–H and O–H groups in total. The summed E-state index contributed by atoms with van der Waals surface area (Å²) in [6, 6.07) is 61.9. The molecule has 0 spiro atoms. The average Bonchev–Trinajstić information content (AvgIpc) is 3.86. The normalized spacial score (nSPS) is 11.7. The molecule has 3 heterocycles. The Labute approximate surface area is 282 Å². The monoisotopic (exact) mass is 627 g/mol. The van der Waals surface area contributed by atoms with Gasteiger partial charge in [0.25, 0.3) is 0 Å². The van der Waals surface area contributed by atoms with Crippen LogP contribution in [0.1, 0.15) is 0 Å². The molecule has 0 aliphatic heterocycles. The summed E-state index contributed by atoms with van der Waals surface area (Å²) in [5, 5.41) is 9.92. The highest BCUT2D eigenvalue weighted by molar-refractivity contribution is 6.11. The van der Waals surface area contributed by atoms with Crippen LogP contribution in [0.3, 0.4) is 0 Å². The van der Waals surface area contributed by atoms with Crippen LogP contribution in [-0.4, -0.2) is 23.9 Å². The molecule has 0 saturated heterocycles. The van der Waals surface area contributed by atoms with E-state index < -0.39 is 0 Å². The third-order valence-electron chi connectivity index (χ3n) is 9.50. The molecule has 5 nitrogen and oxygen atoms in total. The zero-order valence-corrected chi connectivity index (χ0v) is 26.5. The van der Waals surface area contributed by atoms with Gasteiger partial charge < -0.3 is 9.13 Å². The second-order valence-electron chi connectivity index (χ2n) is 12.3. The van der Waals surface area contributed by atoms with Crippen LogP contribution in [0.2, 0.25) is 0 Å². The summed E-state index contributed by atoms with van der Waals surface area (Å²) in [5.41, 5.74) is 9.81. The van der Waals surface area contributed by atoms with E-state index in [-0.39, 0.29) is 0 Å². The molecule has 230 valence electrons. The SMILES string of the molecule is c1ccc(-c2nc(-c3ccc4c5ccccc5n(-c5cccc(-n6c7ccccc7c7ccccc76)c5)c4c3)n(-c3ccccc3)n2)cc1. The summed E-state index contributed by atoms with van der Waals surface area (Å²) in [5.74, 6) is 1.49. The second kappa shape index (κ2) is 10.9. The number of para-hydroxylation sites is 4. The van der Waals surface area contributed by atoms with Crippen molar-refractivity contribution in [3.63, 3.8) is 0 Å². The average molecular weight is 628 g/mol. The van der Waals surface area contributed by atoms with Gasteiger partial charge in [-0.05, 0) is 54.6 Å². The molecular formula is C44H29N5. The van der Waals surface area contributed by atoms with Crippen LogP contribution in [0.4, 0.5) is 0 Å². The first-order valence-electron chi connectivity index (χ1n) is 16.5. The summed E-state index contributed by atoms with van der Waals surface area (Å²) in [6.45, 7) is 0. The minimum absolute atomic E-state index is 0.693. The molecule has 0 aliphatic carbocycles. The highest BCUT2D eigenvalue weighted by atomic mass is 15.4. The van der Waals surface area contributed by atoms with E-state index in [4.69, 9.17) is 10.1 Å². The molecule has 0 fully saturated rings. The molecule has 0 atom stereocenters. The predicted molar refractivity (Wildman–Crippen MR) is 201 cm³/mol. The standard InChI is InChI=1S/C44H29N5/c1-3-14-30(15-4-1)43-45-44(49(46-43)32-16-5-2-6-17-32)31-26-27-38-37-22-9-12-25-41(37)48(42(38)28-31)34-19-13-18-33(29-34)47-39-23-10-7-20-35(39)36-21-8-11-24-40(36)47/h1-29H. The molecule has 7 aromatic carbocycles. The van der Waals surface area contributed by atoms with E-state index >= 15 is 0 Å². The second-order valence-corrected chi connectivity index (χ2v) is 12.3. The van der Waals surface area contributed by atoms with Gasteiger partial charge in [-0.15, -0.1) is 5.10 Å². The molecule has 10 aromatic rings. The Kier molecular flexibility index (Phi) is 6.11. The molecule has 0 unspecified atom stereocenters. The van der Waals surface area contributed by atoms with Crippen LogP contribution in [0.25, 0.3) is 83.4 Å². The highest BCUT2D eigenvalue weighted by Gasteiger charge is 2.19. The molecule has 0 aliphatic rings. The Morgan fingerprint density at radius 1 is 0.347 bits per heavy atom. The van der Waals surface area contributed by atoms with Gasteiger partial charge in [0.15, 0.2) is 11.6 Å². The van der Waals surface area contributed by atoms with Crippen molar-refractivity contribution in [2.45, 2.75) is 0 Å². The lowest BCUT2D eigenvalue weighted by molar-refractivity contribution is 0.890.